The Morgan fingerprint density at radius 1 is 0.324 bits per heavy atom. The van der Waals surface area contributed by atoms with E-state index in [1.165, 1.54) is 71.6 Å². The van der Waals surface area contributed by atoms with E-state index in [1.807, 2.05) is 0 Å². The van der Waals surface area contributed by atoms with Gasteiger partial charge < -0.3 is 14.4 Å². The van der Waals surface area contributed by atoms with Crippen molar-refractivity contribution in [2.75, 3.05) is 9.80 Å². The Morgan fingerprint density at radius 2 is 0.853 bits per heavy atom. The Balaban J connectivity index is 1.14. The maximum absolute atomic E-state index is 2.58. The number of hydrogen-bond donors (Lipinski definition) is 0. The molecule has 0 radical (unpaired) electrons. The summed E-state index contributed by atoms with van der Waals surface area (Å²) in [4.78, 5) is 4.98. The van der Waals surface area contributed by atoms with Crippen molar-refractivity contribution in [2.45, 2.75) is 5.41 Å². The summed E-state index contributed by atoms with van der Waals surface area (Å²) in [6.45, 7) is 0. The summed E-state index contributed by atoms with van der Waals surface area (Å²) in [5.41, 5.74) is 19.7. The molecule has 0 N–H and O–H groups in total. The number of nitrogens with zero attached hydrogens (tertiary/aromatic N) is 3. The van der Waals surface area contributed by atoms with Crippen LogP contribution in [0.15, 0.2) is 261 Å². The largest absolute Gasteiger partial charge is 0.310 e. The van der Waals surface area contributed by atoms with Gasteiger partial charge in [-0.2, -0.15) is 0 Å². The van der Waals surface area contributed by atoms with Gasteiger partial charge in [0.1, 0.15) is 0 Å². The molecule has 1 aromatic heterocycles. The smallest absolute Gasteiger partial charge is 0.0747 e. The molecule has 0 saturated carbocycles. The van der Waals surface area contributed by atoms with Gasteiger partial charge in [0.25, 0.3) is 0 Å². The van der Waals surface area contributed by atoms with Gasteiger partial charge in [-0.1, -0.05) is 176 Å². The molecule has 2 aliphatic carbocycles. The first-order chi connectivity index (χ1) is 33.8. The van der Waals surface area contributed by atoms with E-state index in [2.05, 4.69) is 275 Å². The van der Waals surface area contributed by atoms with Gasteiger partial charge in [0.2, 0.25) is 0 Å². The highest BCUT2D eigenvalue weighted by Crippen LogP contribution is 2.67. The van der Waals surface area contributed by atoms with Gasteiger partial charge in [-0.25, -0.2) is 0 Å². The van der Waals surface area contributed by atoms with Crippen molar-refractivity contribution in [3.63, 3.8) is 0 Å². The molecule has 12 aromatic rings. The molecule has 318 valence electrons. The van der Waals surface area contributed by atoms with E-state index in [1.54, 1.807) is 0 Å². The zero-order chi connectivity index (χ0) is 44.8. The van der Waals surface area contributed by atoms with Crippen LogP contribution < -0.4 is 9.80 Å². The predicted octanol–water partition coefficient (Wildman–Crippen LogP) is 17.2. The summed E-state index contributed by atoms with van der Waals surface area (Å²) in [6, 6.07) is 96.2. The van der Waals surface area contributed by atoms with Crippen molar-refractivity contribution >= 4 is 66.7 Å². The van der Waals surface area contributed by atoms with Crippen molar-refractivity contribution in [1.29, 1.82) is 0 Å². The van der Waals surface area contributed by atoms with Gasteiger partial charge in [0.15, 0.2) is 0 Å². The molecule has 0 fully saturated rings. The average molecular weight is 866 g/mol. The number of fused-ring (bicyclic) bond motifs is 15. The van der Waals surface area contributed by atoms with Crippen LogP contribution in [0.4, 0.5) is 34.1 Å². The van der Waals surface area contributed by atoms with Crippen LogP contribution >= 0.6 is 0 Å². The Hall–Kier alpha value is -8.92. The second-order valence-electron chi connectivity index (χ2n) is 18.0. The average Bonchev–Trinajstić information content (AvgIpc) is 4.03. The lowest BCUT2D eigenvalue weighted by molar-refractivity contribution is 0.793. The quantitative estimate of drug-likeness (QED) is 0.158. The van der Waals surface area contributed by atoms with Crippen LogP contribution in [0.3, 0.4) is 0 Å². The fraction of sp³-hybridized carbons (Fsp3) is 0.0154. The molecule has 0 bridgehead atoms. The topological polar surface area (TPSA) is 11.4 Å². The first-order valence-corrected chi connectivity index (χ1v) is 23.5. The van der Waals surface area contributed by atoms with Crippen LogP contribution in [0.5, 0.6) is 0 Å². The van der Waals surface area contributed by atoms with Crippen molar-refractivity contribution < 1.29 is 0 Å². The zero-order valence-electron chi connectivity index (χ0n) is 37.2. The summed E-state index contributed by atoms with van der Waals surface area (Å²) >= 11 is 0. The molecular weight excluding hydrogens is 823 g/mol. The number of para-hydroxylation sites is 5. The van der Waals surface area contributed by atoms with Crippen LogP contribution in [0.1, 0.15) is 22.3 Å². The molecule has 1 atom stereocenters. The Labute approximate surface area is 395 Å². The predicted molar refractivity (Wildman–Crippen MR) is 284 cm³/mol. The number of aromatic nitrogens is 1. The molecule has 14 rings (SSSR count). The molecule has 1 spiro atoms. The lowest BCUT2D eigenvalue weighted by Crippen LogP contribution is -2.28. The van der Waals surface area contributed by atoms with E-state index in [4.69, 9.17) is 0 Å². The van der Waals surface area contributed by atoms with Crippen LogP contribution in [-0.4, -0.2) is 4.57 Å². The third-order valence-corrected chi connectivity index (χ3v) is 14.5. The van der Waals surface area contributed by atoms with Gasteiger partial charge in [-0.15, -0.1) is 0 Å². The summed E-state index contributed by atoms with van der Waals surface area (Å²) in [5.74, 6) is 0. The lowest BCUT2D eigenvalue weighted by atomic mass is 9.69. The molecule has 0 aliphatic heterocycles. The van der Waals surface area contributed by atoms with Crippen LogP contribution in [0.25, 0.3) is 60.5 Å². The van der Waals surface area contributed by atoms with E-state index >= 15 is 0 Å². The lowest BCUT2D eigenvalue weighted by Gasteiger charge is -2.37. The molecule has 2 aliphatic rings. The molecule has 3 heteroatoms. The Kier molecular flexibility index (Phi) is 8.50. The standard InChI is InChI=1S/C65H43N3/c1-5-23-45(24-6-1)66(46-25-7-2-8-26-46)49-40-41-52-51-32-15-18-35-55(51)65(57(52)43-49)56-36-19-16-33-53(56)62-50-31-14-13-22-44(50)42-61(64(62)65)68(48-29-11-4-12-30-48)60-39-21-38-59-63(60)54-34-17-20-37-58(54)67(59)47-27-9-3-10-28-47/h1-43H. The molecule has 68 heavy (non-hydrogen) atoms. The van der Waals surface area contributed by atoms with E-state index in [0.29, 0.717) is 0 Å². The normalized spacial score (nSPS) is 14.2. The summed E-state index contributed by atoms with van der Waals surface area (Å²) in [6.07, 6.45) is 0. The fourth-order valence-corrected chi connectivity index (χ4v) is 11.9. The fourth-order valence-electron chi connectivity index (χ4n) is 11.9. The first kappa shape index (κ1) is 38.4. The third-order valence-electron chi connectivity index (χ3n) is 14.5. The number of rotatable bonds is 7. The van der Waals surface area contributed by atoms with E-state index in [0.717, 1.165) is 45.3 Å². The molecule has 11 aromatic carbocycles. The second kappa shape index (κ2) is 15.1. The van der Waals surface area contributed by atoms with Gasteiger partial charge in [0.05, 0.1) is 27.8 Å². The molecule has 3 nitrogen and oxygen atoms in total. The number of benzene rings is 11. The van der Waals surface area contributed by atoms with E-state index in [9.17, 15) is 0 Å². The number of anilines is 6. The highest BCUT2D eigenvalue weighted by Gasteiger charge is 2.54. The minimum atomic E-state index is -0.689. The second-order valence-corrected chi connectivity index (χ2v) is 18.0. The summed E-state index contributed by atoms with van der Waals surface area (Å²) in [7, 11) is 0. The van der Waals surface area contributed by atoms with Crippen molar-refractivity contribution in [1.82, 2.24) is 4.57 Å². The summed E-state index contributed by atoms with van der Waals surface area (Å²) in [5, 5.41) is 4.87. The molecule has 1 heterocycles. The van der Waals surface area contributed by atoms with Crippen LogP contribution in [0, 0.1) is 0 Å². The zero-order valence-corrected chi connectivity index (χ0v) is 37.2. The molecule has 0 saturated heterocycles. The third kappa shape index (κ3) is 5.41. The number of hydrogen-bond acceptors (Lipinski definition) is 2. The van der Waals surface area contributed by atoms with Crippen LogP contribution in [0.2, 0.25) is 0 Å². The molecule has 0 amide bonds. The van der Waals surface area contributed by atoms with Crippen molar-refractivity contribution in [2.24, 2.45) is 0 Å². The minimum Gasteiger partial charge on any atom is -0.310 e. The Bertz CT molecular complexity index is 3870. The monoisotopic (exact) mass is 865 g/mol. The SMILES string of the molecule is c1ccc(N(c2ccccc2)c2ccc3c(c2)C2(c4ccccc4-3)c3ccccc3-c3c2c(N(c2ccccc2)c2cccc4c2c2ccccc2n4-c2ccccc2)cc2ccccc32)cc1. The van der Waals surface area contributed by atoms with Gasteiger partial charge in [-0.3, -0.25) is 0 Å². The summed E-state index contributed by atoms with van der Waals surface area (Å²) < 4.78 is 2.43. The van der Waals surface area contributed by atoms with E-state index < -0.39 is 5.41 Å². The minimum absolute atomic E-state index is 0.689. The Morgan fingerprint density at radius 3 is 1.56 bits per heavy atom. The highest BCUT2D eigenvalue weighted by atomic mass is 15.2. The molecule has 1 unspecified atom stereocenters. The van der Waals surface area contributed by atoms with E-state index in [-0.39, 0.29) is 0 Å². The van der Waals surface area contributed by atoms with Crippen LogP contribution in [-0.2, 0) is 5.41 Å². The van der Waals surface area contributed by atoms with Crippen molar-refractivity contribution in [3.8, 4) is 27.9 Å². The maximum atomic E-state index is 2.58. The molecular formula is C65H43N3. The van der Waals surface area contributed by atoms with Gasteiger partial charge in [0, 0.05) is 44.8 Å². The van der Waals surface area contributed by atoms with Gasteiger partial charge >= 0.3 is 0 Å². The van der Waals surface area contributed by atoms with Gasteiger partial charge in [-0.05, 0) is 135 Å². The highest BCUT2D eigenvalue weighted by molar-refractivity contribution is 6.18. The first-order valence-electron chi connectivity index (χ1n) is 23.5. The maximum Gasteiger partial charge on any atom is 0.0747 e. The van der Waals surface area contributed by atoms with Crippen molar-refractivity contribution in [3.05, 3.63) is 283 Å².